The third kappa shape index (κ3) is 2.96. The summed E-state index contributed by atoms with van der Waals surface area (Å²) in [5, 5.41) is 0. The van der Waals surface area contributed by atoms with Crippen molar-refractivity contribution in [3.05, 3.63) is 0 Å². The van der Waals surface area contributed by atoms with E-state index < -0.39 is 43.2 Å². The SMILES string of the molecule is NCCCC(=O)N1CCC(C(F)(F)F)(C(F)(F)F)C1. The van der Waals surface area contributed by atoms with E-state index in [-0.39, 0.29) is 19.4 Å². The number of rotatable bonds is 3. The van der Waals surface area contributed by atoms with Crippen LogP contribution in [-0.4, -0.2) is 42.8 Å². The molecule has 0 bridgehead atoms. The lowest BCUT2D eigenvalue weighted by molar-refractivity contribution is -0.334. The molecule has 1 aliphatic heterocycles. The van der Waals surface area contributed by atoms with Gasteiger partial charge in [0.05, 0.1) is 0 Å². The summed E-state index contributed by atoms with van der Waals surface area (Å²) < 4.78 is 76.3. The van der Waals surface area contributed by atoms with Crippen LogP contribution in [0, 0.1) is 5.41 Å². The molecule has 0 saturated carbocycles. The van der Waals surface area contributed by atoms with Crippen molar-refractivity contribution in [2.75, 3.05) is 19.6 Å². The second-order valence-corrected chi connectivity index (χ2v) is 4.54. The average molecular weight is 292 g/mol. The molecule has 1 fully saturated rings. The first-order valence-electron chi connectivity index (χ1n) is 5.66. The molecule has 0 spiro atoms. The maximum absolute atomic E-state index is 12.7. The van der Waals surface area contributed by atoms with Crippen LogP contribution in [0.2, 0.25) is 0 Å². The quantitative estimate of drug-likeness (QED) is 0.809. The monoisotopic (exact) mass is 292 g/mol. The molecular weight excluding hydrogens is 278 g/mol. The van der Waals surface area contributed by atoms with Gasteiger partial charge in [-0.3, -0.25) is 4.79 Å². The fourth-order valence-corrected chi connectivity index (χ4v) is 2.06. The summed E-state index contributed by atoms with van der Waals surface area (Å²) in [5.74, 6) is -0.721. The van der Waals surface area contributed by atoms with E-state index in [2.05, 4.69) is 0 Å². The molecule has 1 rings (SSSR count). The van der Waals surface area contributed by atoms with Crippen LogP contribution in [0.15, 0.2) is 0 Å². The van der Waals surface area contributed by atoms with E-state index in [0.29, 0.717) is 4.90 Å². The van der Waals surface area contributed by atoms with Gasteiger partial charge in [0.2, 0.25) is 5.91 Å². The number of hydrogen-bond donors (Lipinski definition) is 1. The highest BCUT2D eigenvalue weighted by Gasteiger charge is 2.72. The number of likely N-dealkylation sites (tertiary alicyclic amines) is 1. The molecule has 3 nitrogen and oxygen atoms in total. The van der Waals surface area contributed by atoms with E-state index in [0.717, 1.165) is 0 Å². The average Bonchev–Trinajstić information content (AvgIpc) is 2.70. The Labute approximate surface area is 105 Å². The maximum atomic E-state index is 12.7. The Balaban J connectivity index is 2.88. The van der Waals surface area contributed by atoms with Crippen molar-refractivity contribution < 1.29 is 31.1 Å². The summed E-state index contributed by atoms with van der Waals surface area (Å²) in [4.78, 5) is 12.1. The number of alkyl halides is 6. The Morgan fingerprint density at radius 1 is 1.16 bits per heavy atom. The lowest BCUT2D eigenvalue weighted by Crippen LogP contribution is -2.52. The van der Waals surface area contributed by atoms with Crippen LogP contribution in [0.3, 0.4) is 0 Å². The summed E-state index contributed by atoms with van der Waals surface area (Å²) in [6.07, 6.45) is -11.9. The van der Waals surface area contributed by atoms with Gasteiger partial charge in [-0.15, -0.1) is 0 Å². The van der Waals surface area contributed by atoms with Gasteiger partial charge in [0.1, 0.15) is 0 Å². The molecule has 0 aliphatic carbocycles. The Bertz CT molecular complexity index is 324. The van der Waals surface area contributed by atoms with Crippen molar-refractivity contribution in [3.8, 4) is 0 Å². The summed E-state index contributed by atoms with van der Waals surface area (Å²) in [6.45, 7) is -1.74. The first-order chi connectivity index (χ1) is 8.55. The summed E-state index contributed by atoms with van der Waals surface area (Å²) in [5.41, 5.74) is 1.33. The van der Waals surface area contributed by atoms with Gasteiger partial charge in [-0.1, -0.05) is 0 Å². The molecule has 1 aliphatic rings. The van der Waals surface area contributed by atoms with Crippen LogP contribution in [0.1, 0.15) is 19.3 Å². The Kier molecular flexibility index (Phi) is 4.38. The van der Waals surface area contributed by atoms with Crippen LogP contribution in [0.25, 0.3) is 0 Å². The molecule has 0 atom stereocenters. The first kappa shape index (κ1) is 16.1. The topological polar surface area (TPSA) is 46.3 Å². The second-order valence-electron chi connectivity index (χ2n) is 4.54. The summed E-state index contributed by atoms with van der Waals surface area (Å²) in [6, 6.07) is 0. The van der Waals surface area contributed by atoms with E-state index >= 15 is 0 Å². The first-order valence-corrected chi connectivity index (χ1v) is 5.66. The van der Waals surface area contributed by atoms with Crippen LogP contribution in [-0.2, 0) is 4.79 Å². The normalized spacial score (nSPS) is 19.8. The molecule has 0 aromatic heterocycles. The van der Waals surface area contributed by atoms with Gasteiger partial charge in [-0.25, -0.2) is 0 Å². The summed E-state index contributed by atoms with van der Waals surface area (Å²) in [7, 11) is 0. The molecule has 1 amide bonds. The van der Waals surface area contributed by atoms with Crippen molar-refractivity contribution in [2.24, 2.45) is 11.1 Å². The van der Waals surface area contributed by atoms with Gasteiger partial charge in [-0.05, 0) is 19.4 Å². The lowest BCUT2D eigenvalue weighted by Gasteiger charge is -2.33. The second kappa shape index (κ2) is 5.18. The molecular formula is C10H14F6N2O. The molecule has 19 heavy (non-hydrogen) atoms. The van der Waals surface area contributed by atoms with Gasteiger partial charge < -0.3 is 10.6 Å². The van der Waals surface area contributed by atoms with Crippen LogP contribution >= 0.6 is 0 Å². The predicted octanol–water partition coefficient (Wildman–Crippen LogP) is 2.07. The fourth-order valence-electron chi connectivity index (χ4n) is 2.06. The Hall–Kier alpha value is -0.990. The Morgan fingerprint density at radius 3 is 2.05 bits per heavy atom. The van der Waals surface area contributed by atoms with Gasteiger partial charge in [0.15, 0.2) is 5.41 Å². The molecule has 9 heteroatoms. The third-order valence-electron chi connectivity index (χ3n) is 3.30. The zero-order valence-corrected chi connectivity index (χ0v) is 9.94. The van der Waals surface area contributed by atoms with Crippen molar-refractivity contribution in [1.82, 2.24) is 4.90 Å². The molecule has 1 saturated heterocycles. The van der Waals surface area contributed by atoms with Gasteiger partial charge >= 0.3 is 12.4 Å². The smallest absolute Gasteiger partial charge is 0.341 e. The van der Waals surface area contributed by atoms with Gasteiger partial charge in [-0.2, -0.15) is 26.3 Å². The molecule has 0 aromatic carbocycles. The highest BCUT2D eigenvalue weighted by atomic mass is 19.4. The van der Waals surface area contributed by atoms with E-state index in [9.17, 15) is 31.1 Å². The van der Waals surface area contributed by atoms with Crippen LogP contribution < -0.4 is 5.73 Å². The van der Waals surface area contributed by atoms with Crippen molar-refractivity contribution in [2.45, 2.75) is 31.6 Å². The number of carbonyl (C=O) groups excluding carboxylic acids is 1. The fraction of sp³-hybridized carbons (Fsp3) is 0.900. The molecule has 0 unspecified atom stereocenters. The highest BCUT2D eigenvalue weighted by Crippen LogP contribution is 2.55. The van der Waals surface area contributed by atoms with Crippen molar-refractivity contribution in [1.29, 1.82) is 0 Å². The maximum Gasteiger partial charge on any atom is 0.404 e. The molecule has 0 radical (unpaired) electrons. The molecule has 2 N–H and O–H groups in total. The number of hydrogen-bond acceptors (Lipinski definition) is 2. The minimum atomic E-state index is -5.42. The summed E-state index contributed by atoms with van der Waals surface area (Å²) >= 11 is 0. The minimum Gasteiger partial charge on any atom is -0.341 e. The minimum absolute atomic E-state index is 0.137. The zero-order valence-electron chi connectivity index (χ0n) is 9.94. The standard InChI is InChI=1S/C10H14F6N2O/c11-9(12,13)8(10(14,15)16)3-5-18(6-8)7(19)2-1-4-17/h1-6,17H2. The van der Waals surface area contributed by atoms with Gasteiger partial charge in [0, 0.05) is 19.5 Å². The van der Waals surface area contributed by atoms with Crippen LogP contribution in [0.5, 0.6) is 0 Å². The third-order valence-corrected chi connectivity index (χ3v) is 3.30. The number of nitrogens with two attached hydrogens (primary N) is 1. The van der Waals surface area contributed by atoms with Crippen LogP contribution in [0.4, 0.5) is 26.3 Å². The van der Waals surface area contributed by atoms with Crippen molar-refractivity contribution >= 4 is 5.91 Å². The number of carbonyl (C=O) groups is 1. The van der Waals surface area contributed by atoms with Crippen molar-refractivity contribution in [3.63, 3.8) is 0 Å². The lowest BCUT2D eigenvalue weighted by atomic mass is 9.85. The molecule has 112 valence electrons. The van der Waals surface area contributed by atoms with E-state index in [4.69, 9.17) is 5.73 Å². The Morgan fingerprint density at radius 2 is 1.68 bits per heavy atom. The number of halogens is 6. The predicted molar refractivity (Wildman–Crippen MR) is 54.0 cm³/mol. The zero-order chi connectivity index (χ0) is 14.9. The molecule has 1 heterocycles. The number of amides is 1. The van der Waals surface area contributed by atoms with E-state index in [1.54, 1.807) is 0 Å². The van der Waals surface area contributed by atoms with Gasteiger partial charge in [0.25, 0.3) is 0 Å². The number of nitrogens with zero attached hydrogens (tertiary/aromatic N) is 1. The van der Waals surface area contributed by atoms with E-state index in [1.165, 1.54) is 0 Å². The largest absolute Gasteiger partial charge is 0.404 e. The molecule has 0 aromatic rings. The van der Waals surface area contributed by atoms with E-state index in [1.807, 2.05) is 0 Å². The highest BCUT2D eigenvalue weighted by molar-refractivity contribution is 5.76.